The average Bonchev–Trinajstić information content (AvgIpc) is 2.34. The minimum absolute atomic E-state index is 0.0483. The zero-order valence-corrected chi connectivity index (χ0v) is 11.6. The minimum Gasteiger partial charge on any atom is -0.394 e. The Morgan fingerprint density at radius 2 is 2.41 bits per heavy atom. The molecule has 1 N–H and O–H groups in total. The minimum atomic E-state index is -0.125. The summed E-state index contributed by atoms with van der Waals surface area (Å²) in [6.45, 7) is 5.49. The number of halogens is 1. The lowest BCUT2D eigenvalue weighted by Gasteiger charge is -2.38. The predicted molar refractivity (Wildman–Crippen MR) is 70.3 cm³/mol. The second-order valence-corrected chi connectivity index (χ2v) is 5.20. The first-order valence-electron chi connectivity index (χ1n) is 5.73. The number of aryl methyl sites for hydroxylation is 1. The first kappa shape index (κ1) is 12.8. The van der Waals surface area contributed by atoms with Crippen molar-refractivity contribution in [1.29, 1.82) is 0 Å². The summed E-state index contributed by atoms with van der Waals surface area (Å²) in [5.74, 6) is 0.930. The summed E-state index contributed by atoms with van der Waals surface area (Å²) in [6, 6.07) is 2.24. The average molecular weight is 301 g/mol. The normalized spacial score (nSPS) is 25.1. The Kier molecular flexibility index (Phi) is 4.01. The molecule has 1 saturated heterocycles. The van der Waals surface area contributed by atoms with Crippen LogP contribution in [-0.2, 0) is 4.74 Å². The van der Waals surface area contributed by atoms with Crippen LogP contribution in [0.2, 0.25) is 0 Å². The third kappa shape index (κ3) is 2.61. The van der Waals surface area contributed by atoms with Crippen molar-refractivity contribution >= 4 is 21.7 Å². The Balaban J connectivity index is 2.27. The fraction of sp³-hybridized carbons (Fsp3) is 0.583. The predicted octanol–water partition coefficient (Wildman–Crippen LogP) is 1.74. The smallest absolute Gasteiger partial charge is 0.143 e. The number of morpholine rings is 1. The van der Waals surface area contributed by atoms with E-state index in [1.807, 2.05) is 19.2 Å². The van der Waals surface area contributed by atoms with E-state index in [0.29, 0.717) is 13.2 Å². The molecule has 17 heavy (non-hydrogen) atoms. The van der Waals surface area contributed by atoms with E-state index in [2.05, 4.69) is 32.7 Å². The zero-order valence-electron chi connectivity index (χ0n) is 10.1. The Morgan fingerprint density at radius 1 is 1.65 bits per heavy atom. The molecule has 1 aliphatic rings. The van der Waals surface area contributed by atoms with Gasteiger partial charge in [-0.2, -0.15) is 0 Å². The molecule has 0 saturated carbocycles. The monoisotopic (exact) mass is 300 g/mol. The first-order valence-corrected chi connectivity index (χ1v) is 6.53. The van der Waals surface area contributed by atoms with E-state index in [1.54, 1.807) is 0 Å². The maximum atomic E-state index is 9.18. The van der Waals surface area contributed by atoms with E-state index in [9.17, 15) is 5.11 Å². The molecule has 4 nitrogen and oxygen atoms in total. The summed E-state index contributed by atoms with van der Waals surface area (Å²) in [5.41, 5.74) is 1.16. The van der Waals surface area contributed by atoms with Crippen LogP contribution >= 0.6 is 15.9 Å². The van der Waals surface area contributed by atoms with Crippen molar-refractivity contribution in [3.8, 4) is 0 Å². The van der Waals surface area contributed by atoms with Crippen molar-refractivity contribution in [3.05, 3.63) is 22.3 Å². The highest BCUT2D eigenvalue weighted by Crippen LogP contribution is 2.29. The molecule has 1 aromatic heterocycles. The van der Waals surface area contributed by atoms with Crippen molar-refractivity contribution < 1.29 is 9.84 Å². The maximum Gasteiger partial charge on any atom is 0.143 e. The third-order valence-electron chi connectivity index (χ3n) is 3.05. The number of hydrogen-bond donors (Lipinski definition) is 1. The van der Waals surface area contributed by atoms with E-state index in [-0.39, 0.29) is 18.8 Å². The molecular formula is C12H17BrN2O2. The molecule has 0 amide bonds. The van der Waals surface area contributed by atoms with E-state index >= 15 is 0 Å². The van der Waals surface area contributed by atoms with Crippen molar-refractivity contribution in [2.24, 2.45) is 0 Å². The standard InChI is InChI=1S/C12H17BrN2O2/c1-8-3-4-14-12(11(8)13)15-5-10(6-16)17-7-9(15)2/h3-4,9-10,16H,5-7H2,1-2H3. The second kappa shape index (κ2) is 5.33. The lowest BCUT2D eigenvalue weighted by atomic mass is 10.2. The molecule has 1 aliphatic heterocycles. The lowest BCUT2D eigenvalue weighted by molar-refractivity contribution is -0.0106. The molecule has 0 aromatic carbocycles. The fourth-order valence-electron chi connectivity index (χ4n) is 1.95. The Hall–Kier alpha value is -0.650. The topological polar surface area (TPSA) is 45.6 Å². The SMILES string of the molecule is Cc1ccnc(N2CC(CO)OCC2C)c1Br. The molecule has 5 heteroatoms. The Bertz CT molecular complexity index is 400. The van der Waals surface area contributed by atoms with Gasteiger partial charge in [0.2, 0.25) is 0 Å². The highest BCUT2D eigenvalue weighted by atomic mass is 79.9. The van der Waals surface area contributed by atoms with Crippen LogP contribution in [0.15, 0.2) is 16.7 Å². The molecule has 2 rings (SSSR count). The zero-order chi connectivity index (χ0) is 12.4. The summed E-state index contributed by atoms with van der Waals surface area (Å²) >= 11 is 3.58. The molecule has 1 aromatic rings. The largest absolute Gasteiger partial charge is 0.394 e. The molecule has 1 fully saturated rings. The molecular weight excluding hydrogens is 284 g/mol. The highest BCUT2D eigenvalue weighted by molar-refractivity contribution is 9.10. The van der Waals surface area contributed by atoms with Crippen LogP contribution in [0.1, 0.15) is 12.5 Å². The molecule has 0 aliphatic carbocycles. The highest BCUT2D eigenvalue weighted by Gasteiger charge is 2.28. The van der Waals surface area contributed by atoms with Gasteiger partial charge in [-0.1, -0.05) is 0 Å². The number of anilines is 1. The number of rotatable bonds is 2. The van der Waals surface area contributed by atoms with Gasteiger partial charge in [-0.25, -0.2) is 4.98 Å². The van der Waals surface area contributed by atoms with Gasteiger partial charge in [-0.3, -0.25) is 0 Å². The van der Waals surface area contributed by atoms with Gasteiger partial charge in [0, 0.05) is 12.7 Å². The molecule has 0 radical (unpaired) electrons. The van der Waals surface area contributed by atoms with Crippen molar-refractivity contribution in [2.75, 3.05) is 24.7 Å². The summed E-state index contributed by atoms with van der Waals surface area (Å²) in [4.78, 5) is 6.61. The van der Waals surface area contributed by atoms with Gasteiger partial charge < -0.3 is 14.7 Å². The van der Waals surface area contributed by atoms with Crippen LogP contribution in [0.4, 0.5) is 5.82 Å². The summed E-state index contributed by atoms with van der Waals surface area (Å²) in [5, 5.41) is 9.18. The van der Waals surface area contributed by atoms with Crippen LogP contribution in [0.3, 0.4) is 0 Å². The van der Waals surface area contributed by atoms with Crippen molar-refractivity contribution in [2.45, 2.75) is 26.0 Å². The van der Waals surface area contributed by atoms with Gasteiger partial charge in [-0.05, 0) is 41.4 Å². The van der Waals surface area contributed by atoms with E-state index in [4.69, 9.17) is 4.74 Å². The number of pyridine rings is 1. The van der Waals surface area contributed by atoms with Crippen LogP contribution in [0.5, 0.6) is 0 Å². The van der Waals surface area contributed by atoms with Crippen molar-refractivity contribution in [1.82, 2.24) is 4.98 Å². The molecule has 94 valence electrons. The quantitative estimate of drug-likeness (QED) is 0.904. The first-order chi connectivity index (χ1) is 8.13. The van der Waals surface area contributed by atoms with E-state index in [1.165, 1.54) is 0 Å². The third-order valence-corrected chi connectivity index (χ3v) is 4.03. The van der Waals surface area contributed by atoms with Gasteiger partial charge in [-0.15, -0.1) is 0 Å². The van der Waals surface area contributed by atoms with Crippen molar-refractivity contribution in [3.63, 3.8) is 0 Å². The molecule has 2 atom stereocenters. The number of aliphatic hydroxyl groups excluding tert-OH is 1. The van der Waals surface area contributed by atoms with Crippen LogP contribution in [0.25, 0.3) is 0 Å². The Morgan fingerprint density at radius 3 is 3.12 bits per heavy atom. The number of aromatic nitrogens is 1. The maximum absolute atomic E-state index is 9.18. The molecule has 0 spiro atoms. The van der Waals surface area contributed by atoms with Gasteiger partial charge in [0.1, 0.15) is 5.82 Å². The van der Waals surface area contributed by atoms with E-state index in [0.717, 1.165) is 15.9 Å². The summed E-state index contributed by atoms with van der Waals surface area (Å²) in [7, 11) is 0. The van der Waals surface area contributed by atoms with Gasteiger partial charge >= 0.3 is 0 Å². The number of hydrogen-bond acceptors (Lipinski definition) is 4. The summed E-state index contributed by atoms with van der Waals surface area (Å²) < 4.78 is 6.55. The molecule has 2 unspecified atom stereocenters. The number of nitrogens with zero attached hydrogens (tertiary/aromatic N) is 2. The number of ether oxygens (including phenoxy) is 1. The fourth-order valence-corrected chi connectivity index (χ4v) is 2.41. The van der Waals surface area contributed by atoms with Crippen LogP contribution in [0, 0.1) is 6.92 Å². The van der Waals surface area contributed by atoms with Crippen LogP contribution < -0.4 is 4.90 Å². The number of aliphatic hydroxyl groups is 1. The Labute approximate surface area is 110 Å². The summed E-state index contributed by atoms with van der Waals surface area (Å²) in [6.07, 6.45) is 1.69. The molecule has 2 heterocycles. The second-order valence-electron chi connectivity index (χ2n) is 4.40. The van der Waals surface area contributed by atoms with Gasteiger partial charge in [0.15, 0.2) is 0 Å². The van der Waals surface area contributed by atoms with E-state index < -0.39 is 0 Å². The lowest BCUT2D eigenvalue weighted by Crippen LogP contribution is -2.50. The van der Waals surface area contributed by atoms with Gasteiger partial charge in [0.25, 0.3) is 0 Å². The molecule has 0 bridgehead atoms. The van der Waals surface area contributed by atoms with Crippen LogP contribution in [-0.4, -0.2) is 42.0 Å². The van der Waals surface area contributed by atoms with Gasteiger partial charge in [0.05, 0.1) is 29.8 Å².